The van der Waals surface area contributed by atoms with Gasteiger partial charge in [0.05, 0.1) is 0 Å². The normalized spacial score (nSPS) is 12.4. The molecule has 2 rings (SSSR count). The quantitative estimate of drug-likeness (QED) is 0.874. The Morgan fingerprint density at radius 1 is 1.06 bits per heavy atom. The van der Waals surface area contributed by atoms with Crippen molar-refractivity contribution in [2.24, 2.45) is 5.73 Å². The first kappa shape index (κ1) is 11.8. The molecule has 0 saturated carbocycles. The van der Waals surface area contributed by atoms with Crippen LogP contribution in [0.5, 0.6) is 0 Å². The molecule has 1 atom stereocenters. The maximum absolute atomic E-state index is 6.24. The highest BCUT2D eigenvalue weighted by Gasteiger charge is 2.10. The molecule has 0 fully saturated rings. The number of hydrogen-bond donors (Lipinski definition) is 1. The van der Waals surface area contributed by atoms with Gasteiger partial charge in [-0.1, -0.05) is 36.4 Å². The Hall–Kier alpha value is -1.67. The van der Waals surface area contributed by atoms with E-state index in [9.17, 15) is 0 Å². The molecule has 2 heteroatoms. The summed E-state index contributed by atoms with van der Waals surface area (Å²) in [6.45, 7) is 4.02. The van der Waals surface area contributed by atoms with E-state index in [4.69, 9.17) is 5.73 Å². The van der Waals surface area contributed by atoms with Gasteiger partial charge in [0.25, 0.3) is 0 Å². The Balaban J connectivity index is 2.17. The van der Waals surface area contributed by atoms with Crippen LogP contribution in [0, 0.1) is 13.8 Å². The van der Waals surface area contributed by atoms with E-state index in [-0.39, 0.29) is 6.04 Å². The Morgan fingerprint density at radius 3 is 2.41 bits per heavy atom. The first-order valence-corrected chi connectivity index (χ1v) is 5.90. The summed E-state index contributed by atoms with van der Waals surface area (Å²) >= 11 is 0. The highest BCUT2D eigenvalue weighted by atomic mass is 14.7. The first-order valence-electron chi connectivity index (χ1n) is 5.90. The maximum Gasteiger partial charge on any atom is 0.0423 e. The van der Waals surface area contributed by atoms with Crippen molar-refractivity contribution in [2.75, 3.05) is 0 Å². The molecular weight excluding hydrogens is 208 g/mol. The summed E-state index contributed by atoms with van der Waals surface area (Å²) < 4.78 is 0. The molecule has 2 aromatic rings. The van der Waals surface area contributed by atoms with Gasteiger partial charge in [0.2, 0.25) is 0 Å². The van der Waals surface area contributed by atoms with Crippen molar-refractivity contribution in [2.45, 2.75) is 26.3 Å². The molecule has 0 bridgehead atoms. The van der Waals surface area contributed by atoms with Gasteiger partial charge < -0.3 is 5.73 Å². The molecule has 0 radical (unpaired) electrons. The number of nitrogens with two attached hydrogens (primary N) is 1. The van der Waals surface area contributed by atoms with Crippen molar-refractivity contribution in [3.63, 3.8) is 0 Å². The van der Waals surface area contributed by atoms with Crippen LogP contribution in [0.2, 0.25) is 0 Å². The van der Waals surface area contributed by atoms with E-state index >= 15 is 0 Å². The fraction of sp³-hybridized carbons (Fsp3) is 0.267. The van der Waals surface area contributed by atoms with E-state index in [0.29, 0.717) is 0 Å². The van der Waals surface area contributed by atoms with Gasteiger partial charge in [0, 0.05) is 17.4 Å². The van der Waals surface area contributed by atoms with Gasteiger partial charge in [0.1, 0.15) is 0 Å². The Bertz CT molecular complexity index is 492. The minimum absolute atomic E-state index is 0.0190. The van der Waals surface area contributed by atoms with Gasteiger partial charge >= 0.3 is 0 Å². The lowest BCUT2D eigenvalue weighted by Gasteiger charge is -2.14. The van der Waals surface area contributed by atoms with Crippen LogP contribution in [0.3, 0.4) is 0 Å². The Labute approximate surface area is 103 Å². The molecule has 2 nitrogen and oxygen atoms in total. The van der Waals surface area contributed by atoms with Crippen LogP contribution in [0.4, 0.5) is 0 Å². The SMILES string of the molecule is Cc1ccc(C(N)Cc2ccccc2)c(C)n1. The maximum atomic E-state index is 6.24. The summed E-state index contributed by atoms with van der Waals surface area (Å²) in [5.41, 5.74) is 10.7. The molecule has 1 aromatic heterocycles. The van der Waals surface area contributed by atoms with Gasteiger partial charge in [-0.25, -0.2) is 0 Å². The number of aromatic nitrogens is 1. The average Bonchev–Trinajstić information content (AvgIpc) is 2.30. The second-order valence-corrected chi connectivity index (χ2v) is 4.42. The van der Waals surface area contributed by atoms with Crippen molar-refractivity contribution >= 4 is 0 Å². The smallest absolute Gasteiger partial charge is 0.0423 e. The standard InChI is InChI=1S/C15H18N2/c1-11-8-9-14(12(2)17-11)15(16)10-13-6-4-3-5-7-13/h3-9,15H,10,16H2,1-2H3. The summed E-state index contributed by atoms with van der Waals surface area (Å²) in [5.74, 6) is 0. The monoisotopic (exact) mass is 226 g/mol. The summed E-state index contributed by atoms with van der Waals surface area (Å²) in [7, 11) is 0. The first-order chi connectivity index (χ1) is 8.16. The van der Waals surface area contributed by atoms with Gasteiger partial charge in [-0.2, -0.15) is 0 Å². The van der Waals surface area contributed by atoms with Crippen LogP contribution < -0.4 is 5.73 Å². The fourth-order valence-corrected chi connectivity index (χ4v) is 2.07. The van der Waals surface area contributed by atoms with Crippen LogP contribution >= 0.6 is 0 Å². The molecule has 0 aliphatic heterocycles. The molecule has 1 heterocycles. The second kappa shape index (κ2) is 5.11. The summed E-state index contributed by atoms with van der Waals surface area (Å²) in [6.07, 6.45) is 0.854. The zero-order valence-electron chi connectivity index (χ0n) is 10.4. The number of benzene rings is 1. The lowest BCUT2D eigenvalue weighted by molar-refractivity contribution is 0.709. The van der Waals surface area contributed by atoms with Crippen LogP contribution in [-0.2, 0) is 6.42 Å². The third kappa shape index (κ3) is 2.92. The number of pyridine rings is 1. The number of nitrogens with zero attached hydrogens (tertiary/aromatic N) is 1. The minimum Gasteiger partial charge on any atom is -0.324 e. The molecule has 0 aliphatic carbocycles. The minimum atomic E-state index is 0.0190. The molecule has 1 unspecified atom stereocenters. The van der Waals surface area contributed by atoms with E-state index in [1.807, 2.05) is 38.1 Å². The Morgan fingerprint density at radius 2 is 1.76 bits per heavy atom. The largest absolute Gasteiger partial charge is 0.324 e. The van der Waals surface area contributed by atoms with Crippen LogP contribution in [-0.4, -0.2) is 4.98 Å². The van der Waals surface area contributed by atoms with Crippen molar-refractivity contribution in [1.82, 2.24) is 4.98 Å². The predicted octanol–water partition coefficient (Wildman–Crippen LogP) is 2.94. The summed E-state index contributed by atoms with van der Waals surface area (Å²) in [4.78, 5) is 4.46. The van der Waals surface area contributed by atoms with Crippen molar-refractivity contribution in [1.29, 1.82) is 0 Å². The van der Waals surface area contributed by atoms with Crippen LogP contribution in [0.15, 0.2) is 42.5 Å². The van der Waals surface area contributed by atoms with Gasteiger partial charge in [-0.15, -0.1) is 0 Å². The molecular formula is C15H18N2. The average molecular weight is 226 g/mol. The van der Waals surface area contributed by atoms with Crippen molar-refractivity contribution in [3.05, 3.63) is 65.0 Å². The zero-order chi connectivity index (χ0) is 12.3. The molecule has 1 aromatic carbocycles. The van der Waals surface area contributed by atoms with E-state index < -0.39 is 0 Å². The van der Waals surface area contributed by atoms with E-state index in [2.05, 4.69) is 23.2 Å². The number of hydrogen-bond acceptors (Lipinski definition) is 2. The molecule has 0 saturated heterocycles. The lowest BCUT2D eigenvalue weighted by Crippen LogP contribution is -2.15. The highest BCUT2D eigenvalue weighted by Crippen LogP contribution is 2.18. The number of rotatable bonds is 3. The van der Waals surface area contributed by atoms with Gasteiger partial charge in [-0.05, 0) is 37.5 Å². The highest BCUT2D eigenvalue weighted by molar-refractivity contribution is 5.27. The van der Waals surface area contributed by atoms with Crippen LogP contribution in [0.25, 0.3) is 0 Å². The lowest BCUT2D eigenvalue weighted by atomic mass is 9.98. The third-order valence-electron chi connectivity index (χ3n) is 2.96. The van der Waals surface area contributed by atoms with Crippen molar-refractivity contribution < 1.29 is 0 Å². The van der Waals surface area contributed by atoms with E-state index in [0.717, 1.165) is 23.4 Å². The van der Waals surface area contributed by atoms with Gasteiger partial charge in [0.15, 0.2) is 0 Å². The molecule has 0 aliphatic rings. The molecule has 0 spiro atoms. The fourth-order valence-electron chi connectivity index (χ4n) is 2.07. The number of aryl methyl sites for hydroxylation is 2. The second-order valence-electron chi connectivity index (χ2n) is 4.42. The van der Waals surface area contributed by atoms with Crippen molar-refractivity contribution in [3.8, 4) is 0 Å². The van der Waals surface area contributed by atoms with Crippen LogP contribution in [0.1, 0.15) is 28.6 Å². The molecule has 0 amide bonds. The topological polar surface area (TPSA) is 38.9 Å². The van der Waals surface area contributed by atoms with E-state index in [1.54, 1.807) is 0 Å². The summed E-state index contributed by atoms with van der Waals surface area (Å²) in [6, 6.07) is 14.5. The molecule has 88 valence electrons. The predicted molar refractivity (Wildman–Crippen MR) is 70.8 cm³/mol. The Kier molecular flexibility index (Phi) is 3.55. The van der Waals surface area contributed by atoms with Gasteiger partial charge in [-0.3, -0.25) is 4.98 Å². The van der Waals surface area contributed by atoms with E-state index in [1.165, 1.54) is 5.56 Å². The third-order valence-corrected chi connectivity index (χ3v) is 2.96. The zero-order valence-corrected chi connectivity index (χ0v) is 10.4. The summed E-state index contributed by atoms with van der Waals surface area (Å²) in [5, 5.41) is 0. The molecule has 17 heavy (non-hydrogen) atoms. The molecule has 2 N–H and O–H groups in total.